The maximum absolute atomic E-state index is 13.5. The number of rotatable bonds is 6. The summed E-state index contributed by atoms with van der Waals surface area (Å²) in [6, 6.07) is 20.6. The maximum Gasteiger partial charge on any atom is 0.266 e. The smallest absolute Gasteiger partial charge is 0.266 e. The lowest BCUT2D eigenvalue weighted by molar-refractivity contribution is 0.627. The molecule has 8 nitrogen and oxygen atoms in total. The van der Waals surface area contributed by atoms with Crippen LogP contribution in [0, 0.1) is 12.7 Å². The molecule has 35 heavy (non-hydrogen) atoms. The van der Waals surface area contributed by atoms with Gasteiger partial charge in [-0.15, -0.1) is 0 Å². The Balaban J connectivity index is 1.50. The van der Waals surface area contributed by atoms with E-state index in [4.69, 9.17) is 5.73 Å². The van der Waals surface area contributed by atoms with Crippen LogP contribution >= 0.6 is 11.8 Å². The van der Waals surface area contributed by atoms with Gasteiger partial charge in [-0.1, -0.05) is 42.1 Å². The number of thioether (sulfide) groups is 1. The Labute approximate surface area is 204 Å². The first-order valence-corrected chi connectivity index (χ1v) is 11.7. The molecule has 0 unspecified atom stereocenters. The Kier molecular flexibility index (Phi) is 6.11. The van der Waals surface area contributed by atoms with Crippen molar-refractivity contribution in [2.75, 3.05) is 11.1 Å². The quantitative estimate of drug-likeness (QED) is 0.264. The molecule has 0 atom stereocenters. The summed E-state index contributed by atoms with van der Waals surface area (Å²) in [5.74, 6) is 0.714. The minimum Gasteiger partial charge on any atom is -0.368 e. The third-order valence-electron chi connectivity index (χ3n) is 5.25. The summed E-state index contributed by atoms with van der Waals surface area (Å²) in [6.45, 7) is 1.98. The van der Waals surface area contributed by atoms with Crippen molar-refractivity contribution >= 4 is 40.2 Å². The number of fused-ring (bicyclic) bond motifs is 1. The molecule has 0 aliphatic carbocycles. The van der Waals surface area contributed by atoms with Crippen LogP contribution in [0.3, 0.4) is 0 Å². The van der Waals surface area contributed by atoms with Crippen LogP contribution in [0.1, 0.15) is 11.4 Å². The Bertz CT molecular complexity index is 1590. The molecule has 0 saturated heterocycles. The van der Waals surface area contributed by atoms with Gasteiger partial charge in [-0.2, -0.15) is 15.0 Å². The van der Waals surface area contributed by atoms with Crippen molar-refractivity contribution in [3.8, 4) is 5.69 Å². The molecule has 10 heteroatoms. The molecule has 3 N–H and O–H groups in total. The van der Waals surface area contributed by atoms with Crippen molar-refractivity contribution in [3.63, 3.8) is 0 Å². The van der Waals surface area contributed by atoms with Gasteiger partial charge in [0.25, 0.3) is 5.56 Å². The number of hydrogen-bond donors (Lipinski definition) is 2. The van der Waals surface area contributed by atoms with Gasteiger partial charge in [-0.3, -0.25) is 9.36 Å². The summed E-state index contributed by atoms with van der Waals surface area (Å²) < 4.78 is 15.0. The van der Waals surface area contributed by atoms with Gasteiger partial charge in [-0.25, -0.2) is 9.37 Å². The minimum absolute atomic E-state index is 0.0779. The molecule has 0 spiro atoms. The number of hydrogen-bond acceptors (Lipinski definition) is 8. The van der Waals surface area contributed by atoms with Crippen molar-refractivity contribution in [1.82, 2.24) is 24.5 Å². The lowest BCUT2D eigenvalue weighted by Crippen LogP contribution is -2.21. The highest BCUT2D eigenvalue weighted by Crippen LogP contribution is 2.25. The lowest BCUT2D eigenvalue weighted by atomic mass is 10.2. The maximum atomic E-state index is 13.5. The second-order valence-corrected chi connectivity index (χ2v) is 8.63. The number of para-hydroxylation sites is 2. The number of benzene rings is 3. The zero-order valence-electron chi connectivity index (χ0n) is 18.6. The third-order valence-corrected chi connectivity index (χ3v) is 6.19. The zero-order valence-corrected chi connectivity index (χ0v) is 19.5. The standard InChI is InChI=1S/C25H20FN7OS/c1-15-6-2-4-8-19(15)28-24-31-21(30-23(27)32-24)14-35-25-29-20-9-5-3-7-18(20)22(34)33(25)17-12-10-16(26)11-13-17/h2-13H,14H2,1H3,(H3,27,28,30,31,32). The Morgan fingerprint density at radius 2 is 1.69 bits per heavy atom. The fourth-order valence-electron chi connectivity index (χ4n) is 3.55. The molecule has 0 amide bonds. The van der Waals surface area contributed by atoms with E-state index in [1.807, 2.05) is 37.3 Å². The van der Waals surface area contributed by atoms with Crippen LogP contribution in [0.4, 0.5) is 22.0 Å². The molecule has 0 fully saturated rings. The van der Waals surface area contributed by atoms with E-state index in [1.54, 1.807) is 30.3 Å². The summed E-state index contributed by atoms with van der Waals surface area (Å²) in [5, 5.41) is 4.06. The average molecular weight is 486 g/mol. The number of anilines is 3. The monoisotopic (exact) mass is 485 g/mol. The normalized spacial score (nSPS) is 11.0. The lowest BCUT2D eigenvalue weighted by Gasteiger charge is -2.13. The van der Waals surface area contributed by atoms with Crippen LogP contribution < -0.4 is 16.6 Å². The van der Waals surface area contributed by atoms with E-state index in [0.29, 0.717) is 33.5 Å². The largest absolute Gasteiger partial charge is 0.368 e. The van der Waals surface area contributed by atoms with E-state index in [2.05, 4.69) is 25.3 Å². The van der Waals surface area contributed by atoms with E-state index in [0.717, 1.165) is 11.3 Å². The van der Waals surface area contributed by atoms with Crippen LogP contribution in [0.15, 0.2) is 82.7 Å². The van der Waals surface area contributed by atoms with Gasteiger partial charge >= 0.3 is 0 Å². The summed E-state index contributed by atoms with van der Waals surface area (Å²) in [7, 11) is 0. The van der Waals surface area contributed by atoms with Crippen molar-refractivity contribution in [1.29, 1.82) is 0 Å². The molecule has 0 bridgehead atoms. The molecular formula is C25H20FN7OS. The molecule has 5 rings (SSSR count). The summed E-state index contributed by atoms with van der Waals surface area (Å²) in [4.78, 5) is 30.9. The van der Waals surface area contributed by atoms with E-state index >= 15 is 0 Å². The minimum atomic E-state index is -0.390. The number of halogens is 1. The number of nitrogens with two attached hydrogens (primary N) is 1. The molecule has 2 aromatic heterocycles. The molecular weight excluding hydrogens is 465 g/mol. The van der Waals surface area contributed by atoms with Crippen LogP contribution in [0.2, 0.25) is 0 Å². The summed E-state index contributed by atoms with van der Waals surface area (Å²) in [6.07, 6.45) is 0. The second kappa shape index (κ2) is 9.51. The van der Waals surface area contributed by atoms with Crippen molar-refractivity contribution in [3.05, 3.63) is 100 Å². The second-order valence-electron chi connectivity index (χ2n) is 7.69. The van der Waals surface area contributed by atoms with E-state index in [-0.39, 0.29) is 23.1 Å². The first-order chi connectivity index (χ1) is 17.0. The Hall–Kier alpha value is -4.31. The molecule has 5 aromatic rings. The number of aromatic nitrogens is 5. The highest BCUT2D eigenvalue weighted by atomic mass is 32.2. The van der Waals surface area contributed by atoms with Gasteiger partial charge < -0.3 is 11.1 Å². The number of nitrogens with one attached hydrogen (secondary N) is 1. The van der Waals surface area contributed by atoms with Crippen molar-refractivity contribution in [2.24, 2.45) is 0 Å². The Morgan fingerprint density at radius 3 is 2.49 bits per heavy atom. The molecule has 0 saturated carbocycles. The number of nitrogens with zero attached hydrogens (tertiary/aromatic N) is 5. The van der Waals surface area contributed by atoms with Gasteiger partial charge in [0, 0.05) is 5.69 Å². The highest BCUT2D eigenvalue weighted by Gasteiger charge is 2.15. The number of aryl methyl sites for hydroxylation is 1. The van der Waals surface area contributed by atoms with Gasteiger partial charge in [0.05, 0.1) is 22.3 Å². The third kappa shape index (κ3) is 4.82. The van der Waals surface area contributed by atoms with Gasteiger partial charge in [0.2, 0.25) is 11.9 Å². The van der Waals surface area contributed by atoms with E-state index in [9.17, 15) is 9.18 Å². The fraction of sp³-hybridized carbons (Fsp3) is 0.0800. The SMILES string of the molecule is Cc1ccccc1Nc1nc(N)nc(CSc2nc3ccccc3c(=O)n2-c2ccc(F)cc2)n1. The van der Waals surface area contributed by atoms with Crippen LogP contribution in [-0.4, -0.2) is 24.5 Å². The topological polar surface area (TPSA) is 112 Å². The molecule has 0 aliphatic heterocycles. The number of nitrogen functional groups attached to an aromatic ring is 1. The first-order valence-electron chi connectivity index (χ1n) is 10.7. The first kappa shape index (κ1) is 22.5. The summed E-state index contributed by atoms with van der Waals surface area (Å²) in [5.41, 5.74) is 8.65. The molecule has 3 aromatic carbocycles. The Morgan fingerprint density at radius 1 is 0.943 bits per heavy atom. The fourth-order valence-corrected chi connectivity index (χ4v) is 4.42. The molecule has 0 radical (unpaired) electrons. The van der Waals surface area contributed by atoms with Crippen molar-refractivity contribution < 1.29 is 4.39 Å². The molecule has 0 aliphatic rings. The predicted octanol–water partition coefficient (Wildman–Crippen LogP) is 4.64. The van der Waals surface area contributed by atoms with Gasteiger partial charge in [0.15, 0.2) is 5.16 Å². The highest BCUT2D eigenvalue weighted by molar-refractivity contribution is 7.98. The van der Waals surface area contributed by atoms with Crippen LogP contribution in [-0.2, 0) is 5.75 Å². The summed E-state index contributed by atoms with van der Waals surface area (Å²) >= 11 is 1.28. The van der Waals surface area contributed by atoms with E-state index < -0.39 is 0 Å². The van der Waals surface area contributed by atoms with Gasteiger partial charge in [0.1, 0.15) is 11.6 Å². The predicted molar refractivity (Wildman–Crippen MR) is 136 cm³/mol. The van der Waals surface area contributed by atoms with Gasteiger partial charge in [-0.05, 0) is 55.0 Å². The molecule has 2 heterocycles. The zero-order chi connectivity index (χ0) is 24.4. The molecule has 174 valence electrons. The van der Waals surface area contributed by atoms with Crippen LogP contribution in [0.5, 0.6) is 0 Å². The van der Waals surface area contributed by atoms with Crippen molar-refractivity contribution in [2.45, 2.75) is 17.8 Å². The van der Waals surface area contributed by atoms with Crippen LogP contribution in [0.25, 0.3) is 16.6 Å². The average Bonchev–Trinajstić information content (AvgIpc) is 2.85. The van der Waals surface area contributed by atoms with E-state index in [1.165, 1.54) is 28.5 Å².